The van der Waals surface area contributed by atoms with Gasteiger partial charge in [-0.3, -0.25) is 14.6 Å². The number of piperidine rings is 2. The average molecular weight is 335 g/mol. The van der Waals surface area contributed by atoms with Crippen LogP contribution >= 0.6 is 0 Å². The van der Waals surface area contributed by atoms with E-state index in [0.29, 0.717) is 5.78 Å². The third-order valence-electron chi connectivity index (χ3n) is 7.28. The van der Waals surface area contributed by atoms with Crippen LogP contribution in [0.3, 0.4) is 0 Å². The fourth-order valence-corrected chi connectivity index (χ4v) is 6.66. The topological polar surface area (TPSA) is 32.8 Å². The quantitative estimate of drug-likeness (QED) is 0.791. The van der Waals surface area contributed by atoms with E-state index >= 15 is 0 Å². The Hall–Kier alpha value is -0.450. The molecule has 5 fully saturated rings. The zero-order chi connectivity index (χ0) is 17.2. The lowest BCUT2D eigenvalue weighted by atomic mass is 9.55. The van der Waals surface area contributed by atoms with Gasteiger partial charge in [-0.05, 0) is 26.7 Å². The highest BCUT2D eigenvalue weighted by atomic mass is 16.5. The number of hydrogen-bond acceptors (Lipinski definition) is 4. The Morgan fingerprint density at radius 3 is 1.88 bits per heavy atom. The van der Waals surface area contributed by atoms with Crippen LogP contribution in [0.4, 0.5) is 0 Å². The maximum atomic E-state index is 13.5. The molecule has 4 heteroatoms. The van der Waals surface area contributed by atoms with E-state index < -0.39 is 0 Å². The van der Waals surface area contributed by atoms with Crippen molar-refractivity contribution in [3.63, 3.8) is 0 Å². The number of ether oxygens (including phenoxy) is 1. The zero-order valence-corrected chi connectivity index (χ0v) is 16.0. The molecule has 0 aromatic rings. The average Bonchev–Trinajstić information content (AvgIpc) is 2.48. The number of ketones is 1. The Bertz CT molecular complexity index is 498. The van der Waals surface area contributed by atoms with Gasteiger partial charge in [0.15, 0.2) is 0 Å². The predicted molar refractivity (Wildman–Crippen MR) is 94.8 cm³/mol. The molecule has 0 aromatic carbocycles. The van der Waals surface area contributed by atoms with Gasteiger partial charge in [-0.25, -0.2) is 0 Å². The molecule has 136 valence electrons. The third-order valence-corrected chi connectivity index (χ3v) is 7.28. The van der Waals surface area contributed by atoms with Crippen molar-refractivity contribution in [3.05, 3.63) is 0 Å². The Morgan fingerprint density at radius 1 is 0.958 bits per heavy atom. The minimum absolute atomic E-state index is 0.0620. The minimum atomic E-state index is -0.103. The lowest BCUT2D eigenvalue weighted by Crippen LogP contribution is -2.85. The first kappa shape index (κ1) is 17.0. The lowest BCUT2D eigenvalue weighted by Gasteiger charge is -2.72. The number of Topliss-reactive ketones (excluding diaryl/α,β-unsaturated/α-hetero) is 1. The molecule has 5 aliphatic heterocycles. The molecule has 4 nitrogen and oxygen atoms in total. The Labute approximate surface area is 146 Å². The highest BCUT2D eigenvalue weighted by molar-refractivity contribution is 5.93. The number of carbonyl (C=O) groups excluding carboxylic acids is 1. The number of nitrogens with zero attached hydrogens (tertiary/aromatic N) is 2. The van der Waals surface area contributed by atoms with Crippen LogP contribution in [0, 0.1) is 10.8 Å². The van der Waals surface area contributed by atoms with Crippen LogP contribution in [0.1, 0.15) is 66.2 Å². The summed E-state index contributed by atoms with van der Waals surface area (Å²) in [6.07, 6.45) is 6.49. The fraction of sp³-hybridized carbons (Fsp3) is 0.950. The predicted octanol–water partition coefficient (Wildman–Crippen LogP) is 3.06. The van der Waals surface area contributed by atoms with Crippen molar-refractivity contribution in [2.45, 2.75) is 77.5 Å². The van der Waals surface area contributed by atoms with Crippen LogP contribution in [-0.2, 0) is 9.53 Å². The van der Waals surface area contributed by atoms with Gasteiger partial charge in [0.2, 0.25) is 0 Å². The van der Waals surface area contributed by atoms with Crippen LogP contribution in [0.15, 0.2) is 0 Å². The van der Waals surface area contributed by atoms with E-state index in [1.54, 1.807) is 0 Å². The summed E-state index contributed by atoms with van der Waals surface area (Å²) in [6, 6.07) is 0. The highest BCUT2D eigenvalue weighted by Crippen LogP contribution is 2.58. The van der Waals surface area contributed by atoms with Crippen LogP contribution in [-0.4, -0.2) is 59.6 Å². The van der Waals surface area contributed by atoms with Crippen molar-refractivity contribution in [3.8, 4) is 0 Å². The smallest absolute Gasteiger partial charge is 0.150 e. The van der Waals surface area contributed by atoms with Crippen molar-refractivity contribution >= 4 is 5.78 Å². The first-order chi connectivity index (χ1) is 11.3. The summed E-state index contributed by atoms with van der Waals surface area (Å²) >= 11 is 0. The maximum Gasteiger partial charge on any atom is 0.150 e. The van der Waals surface area contributed by atoms with Gasteiger partial charge in [0.05, 0.1) is 28.7 Å². The summed E-state index contributed by atoms with van der Waals surface area (Å²) in [7, 11) is 0. The van der Waals surface area contributed by atoms with Crippen molar-refractivity contribution in [2.24, 2.45) is 10.8 Å². The first-order valence-corrected chi connectivity index (χ1v) is 10.0. The van der Waals surface area contributed by atoms with E-state index in [4.69, 9.17) is 4.74 Å². The molecular weight excluding hydrogens is 300 g/mol. The van der Waals surface area contributed by atoms with Crippen molar-refractivity contribution in [1.29, 1.82) is 0 Å². The van der Waals surface area contributed by atoms with E-state index in [2.05, 4.69) is 37.5 Å². The monoisotopic (exact) mass is 334 g/mol. The summed E-state index contributed by atoms with van der Waals surface area (Å²) in [5.74, 6) is 0.604. The summed E-state index contributed by atoms with van der Waals surface area (Å²) < 4.78 is 6.04. The summed E-state index contributed by atoms with van der Waals surface area (Å²) in [5.41, 5.74) is -0.132. The van der Waals surface area contributed by atoms with E-state index in [0.717, 1.165) is 71.3 Å². The number of carbonyl (C=O) groups is 1. The lowest BCUT2D eigenvalue weighted by molar-refractivity contribution is -0.271. The molecule has 5 heterocycles. The fourth-order valence-electron chi connectivity index (χ4n) is 6.66. The van der Waals surface area contributed by atoms with E-state index in [1.165, 1.54) is 0 Å². The van der Waals surface area contributed by atoms with Crippen LogP contribution < -0.4 is 0 Å². The number of rotatable bonds is 4. The van der Waals surface area contributed by atoms with Crippen molar-refractivity contribution in [2.75, 3.05) is 32.8 Å². The molecule has 0 aliphatic carbocycles. The molecule has 1 spiro atoms. The highest BCUT2D eigenvalue weighted by Gasteiger charge is 2.69. The van der Waals surface area contributed by atoms with Gasteiger partial charge in [0.1, 0.15) is 5.78 Å². The van der Waals surface area contributed by atoms with Crippen LogP contribution in [0.2, 0.25) is 0 Å². The normalized spacial score (nSPS) is 49.1. The van der Waals surface area contributed by atoms with Gasteiger partial charge < -0.3 is 4.74 Å². The first-order valence-electron chi connectivity index (χ1n) is 10.0. The largest absolute Gasteiger partial charge is 0.375 e. The third kappa shape index (κ3) is 2.12. The van der Waals surface area contributed by atoms with Crippen LogP contribution in [0.25, 0.3) is 0 Å². The Kier molecular flexibility index (Phi) is 3.73. The Balaban J connectivity index is 1.74. The molecule has 5 rings (SSSR count). The molecule has 0 saturated carbocycles. The van der Waals surface area contributed by atoms with Crippen LogP contribution in [0.5, 0.6) is 0 Å². The van der Waals surface area contributed by atoms with Crippen molar-refractivity contribution < 1.29 is 9.53 Å². The van der Waals surface area contributed by atoms with Gasteiger partial charge in [0, 0.05) is 39.0 Å². The molecule has 0 N–H and O–H groups in total. The summed E-state index contributed by atoms with van der Waals surface area (Å²) in [6.45, 7) is 13.7. The van der Waals surface area contributed by atoms with Gasteiger partial charge in [-0.2, -0.15) is 0 Å². The molecule has 0 atom stereocenters. The standard InChI is InChI=1S/C20H34N2O2/c1-5-7-18-12-21-14-19(8-6-2,16(18)23)15-22(13-18)20(21)9-10-24-17(3,4)11-20/h5-15H2,1-4H3. The van der Waals surface area contributed by atoms with Gasteiger partial charge in [-0.15, -0.1) is 0 Å². The van der Waals surface area contributed by atoms with E-state index in [-0.39, 0.29) is 22.1 Å². The Morgan fingerprint density at radius 2 is 1.46 bits per heavy atom. The molecule has 0 unspecified atom stereocenters. The molecule has 0 radical (unpaired) electrons. The number of hydrogen-bond donors (Lipinski definition) is 0. The zero-order valence-electron chi connectivity index (χ0n) is 16.0. The molecular formula is C20H34N2O2. The second-order valence-electron chi connectivity index (χ2n) is 9.62. The van der Waals surface area contributed by atoms with Gasteiger partial charge >= 0.3 is 0 Å². The molecule has 5 aliphatic rings. The van der Waals surface area contributed by atoms with Gasteiger partial charge in [0.25, 0.3) is 0 Å². The maximum absolute atomic E-state index is 13.5. The van der Waals surface area contributed by atoms with Crippen molar-refractivity contribution in [1.82, 2.24) is 9.80 Å². The van der Waals surface area contributed by atoms with Gasteiger partial charge in [-0.1, -0.05) is 26.7 Å². The molecule has 24 heavy (non-hydrogen) atoms. The van der Waals surface area contributed by atoms with E-state index in [9.17, 15) is 4.79 Å². The summed E-state index contributed by atoms with van der Waals surface area (Å²) in [4.78, 5) is 19.0. The minimum Gasteiger partial charge on any atom is -0.375 e. The second kappa shape index (κ2) is 5.28. The molecule has 5 saturated heterocycles. The molecule has 4 bridgehead atoms. The SMILES string of the molecule is CCCC12CN3CC(CCC)(CN(C1)C31CCOC(C)(C)C1)C2=O. The molecule has 0 aromatic heterocycles. The molecule has 0 amide bonds. The summed E-state index contributed by atoms with van der Waals surface area (Å²) in [5, 5.41) is 0. The second-order valence-corrected chi connectivity index (χ2v) is 9.62. The van der Waals surface area contributed by atoms with E-state index in [1.807, 2.05) is 0 Å².